The molecular formula is C15H21F. The fraction of sp³-hybridized carbons (Fsp3) is 0.333. The molecule has 0 atom stereocenters. The van der Waals surface area contributed by atoms with Gasteiger partial charge in [-0.3, -0.25) is 4.39 Å². The molecule has 0 saturated heterocycles. The third-order valence-corrected chi connectivity index (χ3v) is 2.10. The minimum absolute atomic E-state index is 0.500. The summed E-state index contributed by atoms with van der Waals surface area (Å²) in [5.41, 5.74) is 2.69. The molecular weight excluding hydrogens is 199 g/mol. The maximum atomic E-state index is 9.50. The van der Waals surface area contributed by atoms with Crippen molar-refractivity contribution < 1.29 is 4.39 Å². The molecule has 1 aromatic carbocycles. The highest BCUT2D eigenvalue weighted by Crippen LogP contribution is 2.20. The lowest BCUT2D eigenvalue weighted by molar-refractivity contribution is 0.636. The van der Waals surface area contributed by atoms with Gasteiger partial charge in [0.1, 0.15) is 0 Å². The van der Waals surface area contributed by atoms with Crippen LogP contribution in [0, 0.1) is 0 Å². The molecule has 0 N–H and O–H groups in total. The van der Waals surface area contributed by atoms with Gasteiger partial charge in [0.25, 0.3) is 0 Å². The molecule has 0 aromatic heterocycles. The van der Waals surface area contributed by atoms with E-state index < -0.39 is 0 Å². The SMILES string of the molecule is C1=CC(c2ccccc2)=CCC1.CC.CF. The van der Waals surface area contributed by atoms with Crippen molar-refractivity contribution >= 4 is 5.57 Å². The zero-order valence-electron chi connectivity index (χ0n) is 10.4. The van der Waals surface area contributed by atoms with Crippen LogP contribution in [-0.2, 0) is 0 Å². The fourth-order valence-corrected chi connectivity index (χ4v) is 1.46. The Morgan fingerprint density at radius 3 is 2.06 bits per heavy atom. The van der Waals surface area contributed by atoms with Crippen LogP contribution >= 0.6 is 0 Å². The summed E-state index contributed by atoms with van der Waals surface area (Å²) in [6.07, 6.45) is 9.12. The second-order valence-electron chi connectivity index (χ2n) is 3.01. The van der Waals surface area contributed by atoms with E-state index >= 15 is 0 Å². The van der Waals surface area contributed by atoms with Crippen molar-refractivity contribution in [3.63, 3.8) is 0 Å². The Labute approximate surface area is 98.5 Å². The minimum atomic E-state index is 0.500. The zero-order valence-corrected chi connectivity index (χ0v) is 10.4. The first-order chi connectivity index (χ1) is 7.97. The largest absolute Gasteiger partial charge is 0.255 e. The average Bonchev–Trinajstić information content (AvgIpc) is 2.45. The summed E-state index contributed by atoms with van der Waals surface area (Å²) in [4.78, 5) is 0. The van der Waals surface area contributed by atoms with Crippen molar-refractivity contribution in [2.45, 2.75) is 26.7 Å². The lowest BCUT2D eigenvalue weighted by atomic mass is 10.00. The smallest absolute Gasteiger partial charge is 0.0785 e. The molecule has 0 amide bonds. The Bertz CT molecular complexity index is 309. The summed E-state index contributed by atoms with van der Waals surface area (Å²) in [5, 5.41) is 0. The van der Waals surface area contributed by atoms with Gasteiger partial charge in [0, 0.05) is 0 Å². The molecule has 0 spiro atoms. The van der Waals surface area contributed by atoms with Crippen LogP contribution in [-0.4, -0.2) is 7.18 Å². The molecule has 0 aliphatic heterocycles. The van der Waals surface area contributed by atoms with Crippen molar-refractivity contribution in [1.29, 1.82) is 0 Å². The highest BCUT2D eigenvalue weighted by molar-refractivity contribution is 5.74. The molecule has 0 bridgehead atoms. The molecule has 1 heteroatoms. The molecule has 16 heavy (non-hydrogen) atoms. The molecule has 1 aromatic rings. The van der Waals surface area contributed by atoms with Gasteiger partial charge in [-0.1, -0.05) is 62.4 Å². The topological polar surface area (TPSA) is 0 Å². The van der Waals surface area contributed by atoms with Crippen LogP contribution in [0.3, 0.4) is 0 Å². The number of alkyl halides is 1. The first-order valence-corrected chi connectivity index (χ1v) is 5.77. The maximum Gasteiger partial charge on any atom is 0.0785 e. The summed E-state index contributed by atoms with van der Waals surface area (Å²) in [6, 6.07) is 10.5. The predicted octanol–water partition coefficient (Wildman–Crippen LogP) is 5.03. The number of benzene rings is 1. The van der Waals surface area contributed by atoms with Crippen molar-refractivity contribution in [3.05, 3.63) is 54.1 Å². The molecule has 0 nitrogen and oxygen atoms in total. The van der Waals surface area contributed by atoms with Gasteiger partial charge in [-0.05, 0) is 24.0 Å². The lowest BCUT2D eigenvalue weighted by Gasteiger charge is -2.05. The van der Waals surface area contributed by atoms with Crippen LogP contribution in [0.25, 0.3) is 5.57 Å². The van der Waals surface area contributed by atoms with E-state index in [4.69, 9.17) is 0 Å². The van der Waals surface area contributed by atoms with Crippen LogP contribution in [0.15, 0.2) is 48.6 Å². The van der Waals surface area contributed by atoms with E-state index in [1.807, 2.05) is 13.8 Å². The van der Waals surface area contributed by atoms with Gasteiger partial charge >= 0.3 is 0 Å². The number of allylic oxidation sites excluding steroid dienone is 4. The van der Waals surface area contributed by atoms with Crippen molar-refractivity contribution in [1.82, 2.24) is 0 Å². The second-order valence-corrected chi connectivity index (χ2v) is 3.01. The summed E-state index contributed by atoms with van der Waals surface area (Å²) in [6.45, 7) is 4.00. The monoisotopic (exact) mass is 220 g/mol. The lowest BCUT2D eigenvalue weighted by Crippen LogP contribution is -1.84. The van der Waals surface area contributed by atoms with Crippen LogP contribution in [0.1, 0.15) is 32.3 Å². The molecule has 0 radical (unpaired) electrons. The first kappa shape index (κ1) is 14.6. The van der Waals surface area contributed by atoms with E-state index in [-0.39, 0.29) is 0 Å². The van der Waals surface area contributed by atoms with Gasteiger partial charge < -0.3 is 0 Å². The first-order valence-electron chi connectivity index (χ1n) is 5.77. The molecule has 0 fully saturated rings. The third-order valence-electron chi connectivity index (χ3n) is 2.10. The van der Waals surface area contributed by atoms with Crippen LogP contribution in [0.5, 0.6) is 0 Å². The van der Waals surface area contributed by atoms with Gasteiger partial charge in [0.05, 0.1) is 7.18 Å². The van der Waals surface area contributed by atoms with E-state index in [0.29, 0.717) is 7.18 Å². The van der Waals surface area contributed by atoms with Gasteiger partial charge in [0.15, 0.2) is 0 Å². The van der Waals surface area contributed by atoms with E-state index in [1.165, 1.54) is 24.0 Å². The quantitative estimate of drug-likeness (QED) is 0.622. The van der Waals surface area contributed by atoms with Gasteiger partial charge in [-0.15, -0.1) is 0 Å². The Hall–Kier alpha value is -1.37. The molecule has 0 heterocycles. The minimum Gasteiger partial charge on any atom is -0.255 e. The Balaban J connectivity index is 0.000000509. The highest BCUT2D eigenvalue weighted by Gasteiger charge is 1.98. The van der Waals surface area contributed by atoms with Gasteiger partial charge in [-0.25, -0.2) is 0 Å². The van der Waals surface area contributed by atoms with Crippen LogP contribution < -0.4 is 0 Å². The van der Waals surface area contributed by atoms with Gasteiger partial charge in [0.2, 0.25) is 0 Å². The van der Waals surface area contributed by atoms with Gasteiger partial charge in [-0.2, -0.15) is 0 Å². The summed E-state index contributed by atoms with van der Waals surface area (Å²) < 4.78 is 9.50. The molecule has 0 saturated carbocycles. The predicted molar refractivity (Wildman–Crippen MR) is 71.2 cm³/mol. The Morgan fingerprint density at radius 1 is 0.938 bits per heavy atom. The van der Waals surface area contributed by atoms with E-state index in [1.54, 1.807) is 0 Å². The van der Waals surface area contributed by atoms with E-state index in [9.17, 15) is 4.39 Å². The second kappa shape index (κ2) is 10.2. The molecule has 1 aliphatic rings. The van der Waals surface area contributed by atoms with Crippen molar-refractivity contribution in [3.8, 4) is 0 Å². The van der Waals surface area contributed by atoms with Crippen LogP contribution in [0.4, 0.5) is 4.39 Å². The van der Waals surface area contributed by atoms with Crippen molar-refractivity contribution in [2.75, 3.05) is 7.18 Å². The molecule has 0 unspecified atom stereocenters. The maximum absolute atomic E-state index is 9.50. The number of hydrogen-bond donors (Lipinski definition) is 0. The highest BCUT2D eigenvalue weighted by atomic mass is 19.1. The van der Waals surface area contributed by atoms with Crippen molar-refractivity contribution in [2.24, 2.45) is 0 Å². The van der Waals surface area contributed by atoms with E-state index in [2.05, 4.69) is 48.6 Å². The van der Waals surface area contributed by atoms with Crippen LogP contribution in [0.2, 0.25) is 0 Å². The third kappa shape index (κ3) is 4.92. The standard InChI is InChI=1S/C12H12.C2H6.CH3F/c1-3-7-11(8-4-1)12-9-5-2-6-10-12;2*1-2/h1,3-5,7-10H,2,6H2;1-2H3;1H3. The number of hydrogen-bond acceptors (Lipinski definition) is 0. The normalized spacial score (nSPS) is 12.6. The summed E-state index contributed by atoms with van der Waals surface area (Å²) >= 11 is 0. The number of halogens is 1. The van der Waals surface area contributed by atoms with E-state index in [0.717, 1.165) is 0 Å². The Morgan fingerprint density at radius 2 is 1.56 bits per heavy atom. The Kier molecular flexibility index (Phi) is 9.29. The molecule has 88 valence electrons. The fourth-order valence-electron chi connectivity index (χ4n) is 1.46. The molecule has 2 rings (SSSR count). The average molecular weight is 220 g/mol. The molecule has 1 aliphatic carbocycles. The zero-order chi connectivity index (χ0) is 12.2. The number of rotatable bonds is 1. The summed E-state index contributed by atoms with van der Waals surface area (Å²) in [5.74, 6) is 0. The summed E-state index contributed by atoms with van der Waals surface area (Å²) in [7, 11) is 0.500.